The van der Waals surface area contributed by atoms with Crippen LogP contribution in [0.15, 0.2) is 24.0 Å². The van der Waals surface area contributed by atoms with Crippen LogP contribution in [0.1, 0.15) is 0 Å². The molecule has 0 saturated heterocycles. The summed E-state index contributed by atoms with van der Waals surface area (Å²) in [5.74, 6) is -2.92. The predicted molar refractivity (Wildman–Crippen MR) is 43.3 cm³/mol. The Labute approximate surface area is 77.9 Å². The third-order valence-corrected chi connectivity index (χ3v) is 1.66. The Bertz CT molecular complexity index is 422. The first-order valence-electron chi connectivity index (χ1n) is 3.62. The van der Waals surface area contributed by atoms with Crippen molar-refractivity contribution in [2.45, 2.75) is 0 Å². The minimum absolute atomic E-state index is 0.00407. The molecule has 0 radical (unpaired) electrons. The van der Waals surface area contributed by atoms with Crippen molar-refractivity contribution in [1.29, 1.82) is 0 Å². The lowest BCUT2D eigenvalue weighted by Gasteiger charge is -2.17. The van der Waals surface area contributed by atoms with Crippen LogP contribution in [-0.2, 0) is 0 Å². The van der Waals surface area contributed by atoms with Crippen LogP contribution in [0, 0.1) is 0 Å². The summed E-state index contributed by atoms with van der Waals surface area (Å²) in [5.41, 5.74) is 0. The summed E-state index contributed by atoms with van der Waals surface area (Å²) in [6, 6.07) is 2.43. The van der Waals surface area contributed by atoms with Crippen LogP contribution >= 0.6 is 0 Å². The van der Waals surface area contributed by atoms with Crippen LogP contribution < -0.4 is 9.47 Å². The quantitative estimate of drug-likeness (QED) is 0.466. The molecule has 1 aromatic carbocycles. The van der Waals surface area contributed by atoms with E-state index in [0.29, 0.717) is 0 Å². The van der Waals surface area contributed by atoms with E-state index in [1.807, 2.05) is 0 Å². The standard InChI is InChI=1S/C8H6O6/c9-3-1-2-4-6(5(3)10)14-8(12)7(11)13-4/h1-2,9-12H. The van der Waals surface area contributed by atoms with Crippen molar-refractivity contribution in [3.05, 3.63) is 24.0 Å². The number of aliphatic hydroxyl groups is 2. The summed E-state index contributed by atoms with van der Waals surface area (Å²) in [7, 11) is 0. The lowest BCUT2D eigenvalue weighted by Crippen LogP contribution is -2.11. The van der Waals surface area contributed by atoms with Gasteiger partial charge >= 0.3 is 11.9 Å². The lowest BCUT2D eigenvalue weighted by atomic mass is 10.2. The molecule has 74 valence electrons. The fourth-order valence-corrected chi connectivity index (χ4v) is 1.01. The van der Waals surface area contributed by atoms with E-state index in [2.05, 4.69) is 9.47 Å². The van der Waals surface area contributed by atoms with Crippen molar-refractivity contribution >= 4 is 0 Å². The smallest absolute Gasteiger partial charge is 0.367 e. The van der Waals surface area contributed by atoms with Gasteiger partial charge in [0.15, 0.2) is 11.5 Å². The second kappa shape index (κ2) is 2.63. The van der Waals surface area contributed by atoms with Gasteiger partial charge in [0, 0.05) is 0 Å². The minimum atomic E-state index is -0.876. The summed E-state index contributed by atoms with van der Waals surface area (Å²) in [6.45, 7) is 0. The van der Waals surface area contributed by atoms with Gasteiger partial charge in [-0.25, -0.2) is 0 Å². The fraction of sp³-hybridized carbons (Fsp3) is 0. The van der Waals surface area contributed by atoms with Crippen LogP contribution in [0.3, 0.4) is 0 Å². The molecule has 14 heavy (non-hydrogen) atoms. The van der Waals surface area contributed by atoms with Crippen molar-refractivity contribution in [3.63, 3.8) is 0 Å². The Morgan fingerprint density at radius 3 is 2.21 bits per heavy atom. The summed E-state index contributed by atoms with van der Waals surface area (Å²) >= 11 is 0. The van der Waals surface area contributed by atoms with Crippen LogP contribution in [0.25, 0.3) is 0 Å². The van der Waals surface area contributed by atoms with Crippen molar-refractivity contribution < 1.29 is 29.9 Å². The number of hydrogen-bond donors (Lipinski definition) is 4. The van der Waals surface area contributed by atoms with Crippen LogP contribution in [0.4, 0.5) is 0 Å². The summed E-state index contributed by atoms with van der Waals surface area (Å²) in [5, 5.41) is 36.2. The molecule has 0 aromatic heterocycles. The Balaban J connectivity index is 2.54. The molecule has 6 nitrogen and oxygen atoms in total. The molecule has 1 aliphatic heterocycles. The van der Waals surface area contributed by atoms with Crippen molar-refractivity contribution in [2.75, 3.05) is 0 Å². The number of ether oxygens (including phenoxy) is 2. The summed E-state index contributed by atoms with van der Waals surface area (Å²) < 4.78 is 9.27. The Morgan fingerprint density at radius 2 is 1.50 bits per heavy atom. The average Bonchev–Trinajstić information content (AvgIpc) is 2.15. The van der Waals surface area contributed by atoms with E-state index in [-0.39, 0.29) is 11.5 Å². The highest BCUT2D eigenvalue weighted by Gasteiger charge is 2.25. The first-order chi connectivity index (χ1) is 6.59. The largest absolute Gasteiger partial charge is 0.504 e. The second-order valence-electron chi connectivity index (χ2n) is 2.57. The van der Waals surface area contributed by atoms with E-state index in [9.17, 15) is 5.11 Å². The minimum Gasteiger partial charge on any atom is -0.504 e. The molecule has 2 rings (SSSR count). The van der Waals surface area contributed by atoms with E-state index in [0.717, 1.165) is 6.07 Å². The zero-order valence-electron chi connectivity index (χ0n) is 6.76. The van der Waals surface area contributed by atoms with Gasteiger partial charge in [0.25, 0.3) is 0 Å². The van der Waals surface area contributed by atoms with Gasteiger partial charge < -0.3 is 29.9 Å². The number of fused-ring (bicyclic) bond motifs is 1. The molecule has 0 fully saturated rings. The van der Waals surface area contributed by atoms with Crippen molar-refractivity contribution in [2.24, 2.45) is 0 Å². The number of benzene rings is 1. The molecule has 0 saturated carbocycles. The highest BCUT2D eigenvalue weighted by Crippen LogP contribution is 2.45. The molecule has 1 aromatic rings. The number of aromatic hydroxyl groups is 2. The first kappa shape index (κ1) is 8.36. The zero-order chi connectivity index (χ0) is 10.3. The normalized spacial score (nSPS) is 14.3. The number of phenolic OH excluding ortho intramolecular Hbond substituents is 2. The van der Waals surface area contributed by atoms with Gasteiger partial charge in [-0.3, -0.25) is 0 Å². The number of aliphatic hydroxyl groups excluding tert-OH is 2. The van der Waals surface area contributed by atoms with Gasteiger partial charge in [0.2, 0.25) is 11.5 Å². The molecule has 1 heterocycles. The maximum Gasteiger partial charge on any atom is 0.367 e. The highest BCUT2D eigenvalue weighted by molar-refractivity contribution is 5.59. The predicted octanol–water partition coefficient (Wildman–Crippen LogP) is 1.11. The molecule has 0 amide bonds. The third kappa shape index (κ3) is 1.05. The first-order valence-corrected chi connectivity index (χ1v) is 3.62. The molecule has 6 heteroatoms. The SMILES string of the molecule is OC1=C(O)Oc2c(ccc(O)c2O)O1. The maximum absolute atomic E-state index is 9.28. The summed E-state index contributed by atoms with van der Waals surface area (Å²) in [4.78, 5) is 0. The molecule has 0 unspecified atom stereocenters. The zero-order valence-corrected chi connectivity index (χ0v) is 6.76. The van der Waals surface area contributed by atoms with Crippen LogP contribution in [0.2, 0.25) is 0 Å². The van der Waals surface area contributed by atoms with Gasteiger partial charge in [0.05, 0.1) is 0 Å². The number of phenols is 2. The van der Waals surface area contributed by atoms with Gasteiger partial charge in [-0.05, 0) is 12.1 Å². The van der Waals surface area contributed by atoms with Crippen LogP contribution in [0.5, 0.6) is 23.0 Å². The second-order valence-corrected chi connectivity index (χ2v) is 2.57. The van der Waals surface area contributed by atoms with E-state index in [1.165, 1.54) is 6.07 Å². The molecule has 4 N–H and O–H groups in total. The molecule has 0 aliphatic carbocycles. The van der Waals surface area contributed by atoms with Gasteiger partial charge in [-0.1, -0.05) is 0 Å². The molecule has 0 atom stereocenters. The van der Waals surface area contributed by atoms with Gasteiger partial charge in [-0.2, -0.15) is 0 Å². The molecule has 0 bridgehead atoms. The van der Waals surface area contributed by atoms with E-state index in [1.54, 1.807) is 0 Å². The van der Waals surface area contributed by atoms with E-state index >= 15 is 0 Å². The highest BCUT2D eigenvalue weighted by atomic mass is 16.7. The molecular weight excluding hydrogens is 192 g/mol. The Morgan fingerprint density at radius 1 is 0.857 bits per heavy atom. The Kier molecular flexibility index (Phi) is 1.57. The lowest BCUT2D eigenvalue weighted by molar-refractivity contribution is 0.0826. The average molecular weight is 198 g/mol. The van der Waals surface area contributed by atoms with Crippen LogP contribution in [-0.4, -0.2) is 20.4 Å². The number of rotatable bonds is 0. The van der Waals surface area contributed by atoms with E-state index in [4.69, 9.17) is 15.3 Å². The fourth-order valence-electron chi connectivity index (χ4n) is 1.01. The molecule has 0 spiro atoms. The van der Waals surface area contributed by atoms with Gasteiger partial charge in [-0.15, -0.1) is 0 Å². The topological polar surface area (TPSA) is 99.4 Å². The van der Waals surface area contributed by atoms with Gasteiger partial charge in [0.1, 0.15) is 0 Å². The molecule has 1 aliphatic rings. The summed E-state index contributed by atoms with van der Waals surface area (Å²) in [6.07, 6.45) is 0. The maximum atomic E-state index is 9.28. The third-order valence-electron chi connectivity index (χ3n) is 1.66. The monoisotopic (exact) mass is 198 g/mol. The van der Waals surface area contributed by atoms with Crippen molar-refractivity contribution in [3.8, 4) is 23.0 Å². The number of hydrogen-bond acceptors (Lipinski definition) is 6. The van der Waals surface area contributed by atoms with Crippen molar-refractivity contribution in [1.82, 2.24) is 0 Å². The Hall–Kier alpha value is -2.24. The molecular formula is C8H6O6. The van der Waals surface area contributed by atoms with E-state index < -0.39 is 23.4 Å².